The Balaban J connectivity index is 1.67. The number of amides is 1. The minimum absolute atomic E-state index is 0.160. The van der Waals surface area contributed by atoms with E-state index in [0.717, 1.165) is 31.8 Å². The highest BCUT2D eigenvalue weighted by Gasteiger charge is 2.34. The van der Waals surface area contributed by atoms with Gasteiger partial charge in [-0.15, -0.1) is 0 Å². The van der Waals surface area contributed by atoms with E-state index in [-0.39, 0.29) is 12.0 Å². The molecule has 4 heteroatoms. The number of aryl methyl sites for hydroxylation is 2. The number of carbonyl (C=O) groups excluding carboxylic acids is 1. The molecule has 1 saturated heterocycles. The van der Waals surface area contributed by atoms with Crippen LogP contribution in [-0.2, 0) is 11.2 Å². The quantitative estimate of drug-likeness (QED) is 0.929. The lowest BCUT2D eigenvalue weighted by Gasteiger charge is -2.34. The summed E-state index contributed by atoms with van der Waals surface area (Å²) in [6.07, 6.45) is 2.68. The van der Waals surface area contributed by atoms with Gasteiger partial charge in [-0.3, -0.25) is 4.79 Å². The van der Waals surface area contributed by atoms with Gasteiger partial charge in [0.05, 0.1) is 0 Å². The molecule has 3 rings (SSSR count). The number of fused-ring (bicyclic) bond motifs is 1. The van der Waals surface area contributed by atoms with Crippen molar-refractivity contribution in [2.45, 2.75) is 39.2 Å². The van der Waals surface area contributed by atoms with Crippen LogP contribution in [0.2, 0.25) is 0 Å². The maximum Gasteiger partial charge on any atom is 0.264 e. The second kappa shape index (κ2) is 6.29. The molecule has 0 saturated carbocycles. The van der Waals surface area contributed by atoms with Crippen LogP contribution < -0.4 is 10.1 Å². The zero-order chi connectivity index (χ0) is 15.7. The van der Waals surface area contributed by atoms with Crippen LogP contribution in [0.3, 0.4) is 0 Å². The molecule has 0 radical (unpaired) electrons. The number of hydrogen-bond acceptors (Lipinski definition) is 3. The van der Waals surface area contributed by atoms with E-state index in [1.165, 1.54) is 23.1 Å². The minimum atomic E-state index is -0.329. The van der Waals surface area contributed by atoms with Gasteiger partial charge in [-0.25, -0.2) is 0 Å². The average molecular weight is 302 g/mol. The number of ether oxygens (including phenoxy) is 1. The van der Waals surface area contributed by atoms with Crippen molar-refractivity contribution < 1.29 is 9.53 Å². The molecule has 0 unspecified atom stereocenters. The summed E-state index contributed by atoms with van der Waals surface area (Å²) in [5.74, 6) is 1.62. The lowest BCUT2D eigenvalue weighted by Crippen LogP contribution is -2.47. The van der Waals surface area contributed by atoms with Gasteiger partial charge in [-0.2, -0.15) is 0 Å². The fourth-order valence-corrected chi connectivity index (χ4v) is 3.58. The van der Waals surface area contributed by atoms with Crippen LogP contribution in [0, 0.1) is 19.8 Å². The molecule has 1 aromatic carbocycles. The molecule has 22 heavy (non-hydrogen) atoms. The van der Waals surface area contributed by atoms with E-state index in [1.54, 1.807) is 0 Å². The maximum atomic E-state index is 12.8. The molecule has 0 spiro atoms. The molecule has 1 aromatic rings. The highest BCUT2D eigenvalue weighted by molar-refractivity contribution is 5.82. The highest BCUT2D eigenvalue weighted by Crippen LogP contribution is 2.32. The second-order valence-electron chi connectivity index (χ2n) is 6.70. The Kier molecular flexibility index (Phi) is 4.39. The fourth-order valence-electron chi connectivity index (χ4n) is 3.58. The molecule has 0 aliphatic carbocycles. The van der Waals surface area contributed by atoms with Crippen molar-refractivity contribution in [3.63, 3.8) is 0 Å². The Labute approximate surface area is 132 Å². The summed E-state index contributed by atoms with van der Waals surface area (Å²) in [6, 6.07) is 4.23. The van der Waals surface area contributed by atoms with Gasteiger partial charge < -0.3 is 15.0 Å². The van der Waals surface area contributed by atoms with E-state index in [9.17, 15) is 4.79 Å². The lowest BCUT2D eigenvalue weighted by atomic mass is 9.97. The second-order valence-corrected chi connectivity index (χ2v) is 6.70. The first-order valence-corrected chi connectivity index (χ1v) is 8.28. The van der Waals surface area contributed by atoms with Crippen molar-refractivity contribution in [2.24, 2.45) is 5.92 Å². The third-order valence-electron chi connectivity index (χ3n) is 4.95. The van der Waals surface area contributed by atoms with Crippen molar-refractivity contribution in [1.29, 1.82) is 0 Å². The Morgan fingerprint density at radius 2 is 2.14 bits per heavy atom. The largest absolute Gasteiger partial charge is 0.480 e. The first kappa shape index (κ1) is 15.3. The molecule has 2 aliphatic heterocycles. The first-order valence-electron chi connectivity index (χ1n) is 8.28. The van der Waals surface area contributed by atoms with Crippen molar-refractivity contribution >= 4 is 5.91 Å². The Morgan fingerprint density at radius 1 is 1.36 bits per heavy atom. The number of rotatable bonds is 3. The number of likely N-dealkylation sites (tertiary alicyclic amines) is 1. The van der Waals surface area contributed by atoms with Gasteiger partial charge >= 0.3 is 0 Å². The number of nitrogens with zero attached hydrogens (tertiary/aromatic N) is 1. The van der Waals surface area contributed by atoms with Crippen LogP contribution in [0.15, 0.2) is 12.1 Å². The molecule has 1 fully saturated rings. The van der Waals surface area contributed by atoms with Crippen LogP contribution in [0.5, 0.6) is 5.75 Å². The minimum Gasteiger partial charge on any atom is -0.480 e. The summed E-state index contributed by atoms with van der Waals surface area (Å²) < 4.78 is 5.95. The summed E-state index contributed by atoms with van der Waals surface area (Å²) in [4.78, 5) is 14.8. The zero-order valence-corrected chi connectivity index (χ0v) is 13.8. The average Bonchev–Trinajstić information content (AvgIpc) is 2.90. The van der Waals surface area contributed by atoms with E-state index in [1.807, 2.05) is 11.9 Å². The summed E-state index contributed by atoms with van der Waals surface area (Å²) in [5.41, 5.74) is 3.66. The van der Waals surface area contributed by atoms with Gasteiger partial charge in [0.2, 0.25) is 0 Å². The van der Waals surface area contributed by atoms with Crippen LogP contribution in [-0.4, -0.2) is 43.6 Å². The third-order valence-corrected chi connectivity index (χ3v) is 4.95. The summed E-state index contributed by atoms with van der Waals surface area (Å²) in [5, 5.41) is 3.22. The van der Waals surface area contributed by atoms with Crippen molar-refractivity contribution in [1.82, 2.24) is 10.2 Å². The zero-order valence-electron chi connectivity index (χ0n) is 13.8. The summed E-state index contributed by atoms with van der Waals surface area (Å²) in [6.45, 7) is 6.90. The van der Waals surface area contributed by atoms with Gasteiger partial charge in [-0.1, -0.05) is 6.07 Å². The van der Waals surface area contributed by atoms with Gasteiger partial charge in [0.15, 0.2) is 6.10 Å². The number of carbonyl (C=O) groups is 1. The normalized spacial score (nSPS) is 24.0. The highest BCUT2D eigenvalue weighted by atomic mass is 16.5. The van der Waals surface area contributed by atoms with Crippen molar-refractivity contribution in [2.75, 3.05) is 26.7 Å². The summed E-state index contributed by atoms with van der Waals surface area (Å²) in [7, 11) is 1.97. The van der Waals surface area contributed by atoms with Gasteiger partial charge in [0.25, 0.3) is 5.91 Å². The number of nitrogens with one attached hydrogen (secondary N) is 1. The molecule has 4 nitrogen and oxygen atoms in total. The van der Waals surface area contributed by atoms with Crippen LogP contribution in [0.1, 0.15) is 29.5 Å². The Bertz CT molecular complexity index is 537. The van der Waals surface area contributed by atoms with E-state index in [4.69, 9.17) is 4.74 Å². The van der Waals surface area contributed by atoms with Gasteiger partial charge in [0.1, 0.15) is 5.75 Å². The predicted octanol–water partition coefficient (Wildman–Crippen LogP) is 2.06. The molecular formula is C18H26N2O2. The standard InChI is InChI=1S/C18H26N2O2/c1-12-7-15-9-17(22-16(15)8-13(12)2)18(21)20-6-4-5-14(11-20)10-19-3/h7-8,14,17,19H,4-6,9-11H2,1-3H3/t14-,17-/m0/s1. The SMILES string of the molecule is CNC[C@@H]1CCCN(C(=O)[C@@H]2Cc3cc(C)c(C)cc3O2)C1. The van der Waals surface area contributed by atoms with Crippen LogP contribution in [0.4, 0.5) is 0 Å². The number of benzene rings is 1. The Morgan fingerprint density at radius 3 is 2.91 bits per heavy atom. The maximum absolute atomic E-state index is 12.8. The fraction of sp³-hybridized carbons (Fsp3) is 0.611. The van der Waals surface area contributed by atoms with E-state index in [2.05, 4.69) is 31.3 Å². The first-order chi connectivity index (χ1) is 10.6. The molecule has 2 heterocycles. The molecule has 1 N–H and O–H groups in total. The monoisotopic (exact) mass is 302 g/mol. The number of hydrogen-bond donors (Lipinski definition) is 1. The van der Waals surface area contributed by atoms with Gasteiger partial charge in [0, 0.05) is 19.5 Å². The Hall–Kier alpha value is -1.55. The molecule has 120 valence electrons. The van der Waals surface area contributed by atoms with Crippen molar-refractivity contribution in [3.8, 4) is 5.75 Å². The van der Waals surface area contributed by atoms with E-state index in [0.29, 0.717) is 12.3 Å². The van der Waals surface area contributed by atoms with Crippen molar-refractivity contribution in [3.05, 3.63) is 28.8 Å². The van der Waals surface area contributed by atoms with E-state index >= 15 is 0 Å². The molecule has 2 aliphatic rings. The number of piperidine rings is 1. The lowest BCUT2D eigenvalue weighted by molar-refractivity contribution is -0.139. The van der Waals surface area contributed by atoms with Crippen LogP contribution >= 0.6 is 0 Å². The third kappa shape index (κ3) is 2.98. The summed E-state index contributed by atoms with van der Waals surface area (Å²) >= 11 is 0. The molecule has 2 atom stereocenters. The van der Waals surface area contributed by atoms with Crippen LogP contribution in [0.25, 0.3) is 0 Å². The van der Waals surface area contributed by atoms with E-state index < -0.39 is 0 Å². The molecular weight excluding hydrogens is 276 g/mol. The van der Waals surface area contributed by atoms with Gasteiger partial charge in [-0.05, 0) is 69.0 Å². The smallest absolute Gasteiger partial charge is 0.264 e. The molecule has 0 bridgehead atoms. The molecule has 0 aromatic heterocycles. The molecule has 1 amide bonds. The topological polar surface area (TPSA) is 41.6 Å². The predicted molar refractivity (Wildman–Crippen MR) is 87.3 cm³/mol.